The minimum Gasteiger partial charge on any atom is -0.368 e. The van der Waals surface area contributed by atoms with Crippen molar-refractivity contribution in [1.82, 2.24) is 15.0 Å². The molecule has 0 fully saturated rings. The third-order valence-electron chi connectivity index (χ3n) is 2.23. The number of hydrogen-bond donors (Lipinski definition) is 2. The quantitative estimate of drug-likeness (QED) is 0.655. The maximum absolute atomic E-state index is 5.65. The highest BCUT2D eigenvalue weighted by molar-refractivity contribution is 7.08. The maximum atomic E-state index is 5.65. The van der Waals surface area contributed by atoms with Crippen LogP contribution in [0.5, 0.6) is 0 Å². The van der Waals surface area contributed by atoms with E-state index in [0.717, 1.165) is 22.3 Å². The monoisotopic (exact) mass is 216 g/mol. The van der Waals surface area contributed by atoms with E-state index in [1.54, 1.807) is 11.3 Å². The fourth-order valence-corrected chi connectivity index (χ4v) is 2.22. The molecule has 3 N–H and O–H groups in total. The van der Waals surface area contributed by atoms with Crippen LogP contribution in [0.25, 0.3) is 22.3 Å². The number of H-pyrrole nitrogens is 1. The van der Waals surface area contributed by atoms with Crippen molar-refractivity contribution >= 4 is 28.3 Å². The third-order valence-corrected chi connectivity index (χ3v) is 2.91. The molecule has 15 heavy (non-hydrogen) atoms. The molecular formula is C10H8N4S. The molecule has 0 aromatic carbocycles. The molecule has 0 atom stereocenters. The second-order valence-electron chi connectivity index (χ2n) is 3.18. The van der Waals surface area contributed by atoms with E-state index in [0.29, 0.717) is 5.95 Å². The van der Waals surface area contributed by atoms with E-state index in [2.05, 4.69) is 15.0 Å². The summed E-state index contributed by atoms with van der Waals surface area (Å²) in [6.07, 6.45) is 1.84. The number of nitrogens with two attached hydrogens (primary N) is 1. The van der Waals surface area contributed by atoms with Crippen molar-refractivity contribution in [2.45, 2.75) is 0 Å². The normalized spacial score (nSPS) is 10.9. The molecule has 0 amide bonds. The van der Waals surface area contributed by atoms with Gasteiger partial charge in [-0.25, -0.2) is 4.98 Å². The SMILES string of the molecule is Nc1nc(-c2ccsc2)c2cc[nH]c2n1. The standard InChI is InChI=1S/C10H8N4S/c11-10-13-8(6-2-4-15-5-6)7-1-3-12-9(7)14-10/h1-5H,(H3,11,12,13,14). The van der Waals surface area contributed by atoms with Gasteiger partial charge >= 0.3 is 0 Å². The number of nitrogen functional groups attached to an aromatic ring is 1. The number of aromatic amines is 1. The van der Waals surface area contributed by atoms with E-state index >= 15 is 0 Å². The predicted molar refractivity (Wildman–Crippen MR) is 61.6 cm³/mol. The van der Waals surface area contributed by atoms with Crippen LogP contribution in [0.15, 0.2) is 29.1 Å². The molecule has 0 radical (unpaired) electrons. The Hall–Kier alpha value is -1.88. The van der Waals surface area contributed by atoms with Gasteiger partial charge in [0.25, 0.3) is 0 Å². The highest BCUT2D eigenvalue weighted by Crippen LogP contribution is 2.27. The lowest BCUT2D eigenvalue weighted by Gasteiger charge is -2.00. The van der Waals surface area contributed by atoms with Crippen LogP contribution in [-0.4, -0.2) is 15.0 Å². The van der Waals surface area contributed by atoms with E-state index in [1.807, 2.05) is 29.1 Å². The van der Waals surface area contributed by atoms with Crippen molar-refractivity contribution < 1.29 is 0 Å². The Kier molecular flexibility index (Phi) is 1.72. The summed E-state index contributed by atoms with van der Waals surface area (Å²) in [7, 11) is 0. The van der Waals surface area contributed by atoms with Gasteiger partial charge in [0.2, 0.25) is 5.95 Å². The van der Waals surface area contributed by atoms with Gasteiger partial charge in [-0.15, -0.1) is 0 Å². The van der Waals surface area contributed by atoms with Crippen molar-refractivity contribution in [3.05, 3.63) is 29.1 Å². The lowest BCUT2D eigenvalue weighted by Crippen LogP contribution is -1.96. The average molecular weight is 216 g/mol. The van der Waals surface area contributed by atoms with Gasteiger partial charge in [-0.05, 0) is 17.5 Å². The van der Waals surface area contributed by atoms with Gasteiger partial charge in [0.05, 0.1) is 5.69 Å². The number of rotatable bonds is 1. The molecule has 4 nitrogen and oxygen atoms in total. The molecule has 0 spiro atoms. The van der Waals surface area contributed by atoms with Crippen LogP contribution in [0.1, 0.15) is 0 Å². The highest BCUT2D eigenvalue weighted by Gasteiger charge is 2.08. The zero-order valence-electron chi connectivity index (χ0n) is 7.77. The maximum Gasteiger partial charge on any atom is 0.222 e. The Labute approximate surface area is 89.8 Å². The van der Waals surface area contributed by atoms with Gasteiger partial charge in [0.15, 0.2) is 0 Å². The first-order valence-electron chi connectivity index (χ1n) is 4.48. The molecule has 3 rings (SSSR count). The predicted octanol–water partition coefficient (Wildman–Crippen LogP) is 2.27. The molecule has 3 aromatic heterocycles. The molecule has 3 heterocycles. The largest absolute Gasteiger partial charge is 0.368 e. The molecule has 0 unspecified atom stereocenters. The summed E-state index contributed by atoms with van der Waals surface area (Å²) in [6, 6.07) is 3.99. The minimum absolute atomic E-state index is 0.297. The summed E-state index contributed by atoms with van der Waals surface area (Å²) in [6.45, 7) is 0. The van der Waals surface area contributed by atoms with Crippen LogP contribution in [0.3, 0.4) is 0 Å². The molecule has 0 aliphatic carbocycles. The van der Waals surface area contributed by atoms with Gasteiger partial charge in [-0.2, -0.15) is 16.3 Å². The summed E-state index contributed by atoms with van der Waals surface area (Å²) in [4.78, 5) is 11.4. The lowest BCUT2D eigenvalue weighted by molar-refractivity contribution is 1.22. The summed E-state index contributed by atoms with van der Waals surface area (Å²) < 4.78 is 0. The fourth-order valence-electron chi connectivity index (χ4n) is 1.58. The average Bonchev–Trinajstić information content (AvgIpc) is 2.86. The summed E-state index contributed by atoms with van der Waals surface area (Å²) >= 11 is 1.64. The van der Waals surface area contributed by atoms with Crippen LogP contribution < -0.4 is 5.73 Å². The molecule has 5 heteroatoms. The molecule has 3 aromatic rings. The fraction of sp³-hybridized carbons (Fsp3) is 0. The van der Waals surface area contributed by atoms with Crippen molar-refractivity contribution in [2.24, 2.45) is 0 Å². The zero-order chi connectivity index (χ0) is 10.3. The smallest absolute Gasteiger partial charge is 0.222 e. The third kappa shape index (κ3) is 1.28. The van der Waals surface area contributed by atoms with Gasteiger partial charge in [0.1, 0.15) is 5.65 Å². The summed E-state index contributed by atoms with van der Waals surface area (Å²) in [5.41, 5.74) is 8.40. The Bertz CT molecular complexity index is 597. The van der Waals surface area contributed by atoms with E-state index in [9.17, 15) is 0 Å². The van der Waals surface area contributed by atoms with Crippen molar-refractivity contribution in [1.29, 1.82) is 0 Å². The number of hydrogen-bond acceptors (Lipinski definition) is 4. The molecule has 0 aliphatic rings. The molecule has 0 aliphatic heterocycles. The Morgan fingerprint density at radius 3 is 3.00 bits per heavy atom. The van der Waals surface area contributed by atoms with Gasteiger partial charge in [-0.1, -0.05) is 0 Å². The Morgan fingerprint density at radius 1 is 1.27 bits per heavy atom. The second-order valence-corrected chi connectivity index (χ2v) is 3.96. The van der Waals surface area contributed by atoms with Gasteiger partial charge < -0.3 is 10.7 Å². The molecule has 74 valence electrons. The molecule has 0 saturated heterocycles. The first-order chi connectivity index (χ1) is 7.34. The van der Waals surface area contributed by atoms with Crippen molar-refractivity contribution in [3.8, 4) is 11.3 Å². The first kappa shape index (κ1) is 8.43. The number of nitrogens with zero attached hydrogens (tertiary/aromatic N) is 2. The van der Waals surface area contributed by atoms with Crippen molar-refractivity contribution in [3.63, 3.8) is 0 Å². The molecular weight excluding hydrogens is 208 g/mol. The lowest BCUT2D eigenvalue weighted by atomic mass is 10.2. The second kappa shape index (κ2) is 3.06. The van der Waals surface area contributed by atoms with Crippen LogP contribution in [0, 0.1) is 0 Å². The summed E-state index contributed by atoms with van der Waals surface area (Å²) in [5, 5.41) is 5.07. The van der Waals surface area contributed by atoms with Crippen LogP contribution in [-0.2, 0) is 0 Å². The van der Waals surface area contributed by atoms with Gasteiger partial charge in [0, 0.05) is 22.5 Å². The number of anilines is 1. The minimum atomic E-state index is 0.297. The number of nitrogens with one attached hydrogen (secondary N) is 1. The van der Waals surface area contributed by atoms with E-state index in [4.69, 9.17) is 5.73 Å². The number of thiophene rings is 1. The molecule has 0 bridgehead atoms. The summed E-state index contributed by atoms with van der Waals surface area (Å²) in [5.74, 6) is 0.297. The number of aromatic nitrogens is 3. The van der Waals surface area contributed by atoms with E-state index in [-0.39, 0.29) is 0 Å². The highest BCUT2D eigenvalue weighted by atomic mass is 32.1. The van der Waals surface area contributed by atoms with E-state index < -0.39 is 0 Å². The van der Waals surface area contributed by atoms with Crippen LogP contribution in [0.2, 0.25) is 0 Å². The Balaban J connectivity index is 2.38. The number of fused-ring (bicyclic) bond motifs is 1. The van der Waals surface area contributed by atoms with Gasteiger partial charge in [-0.3, -0.25) is 0 Å². The van der Waals surface area contributed by atoms with Crippen molar-refractivity contribution in [2.75, 3.05) is 5.73 Å². The topological polar surface area (TPSA) is 67.6 Å². The van der Waals surface area contributed by atoms with Crippen LogP contribution >= 0.6 is 11.3 Å². The Morgan fingerprint density at radius 2 is 2.20 bits per heavy atom. The van der Waals surface area contributed by atoms with E-state index in [1.165, 1.54) is 0 Å². The van der Waals surface area contributed by atoms with Crippen LogP contribution in [0.4, 0.5) is 5.95 Å². The zero-order valence-corrected chi connectivity index (χ0v) is 8.58. The first-order valence-corrected chi connectivity index (χ1v) is 5.42. The molecule has 0 saturated carbocycles.